The molecular formula is C24H34O3. The van der Waals surface area contributed by atoms with Crippen LogP contribution in [0.5, 0.6) is 5.75 Å². The van der Waals surface area contributed by atoms with Gasteiger partial charge in [-0.25, -0.2) is 4.79 Å². The molecule has 3 heteroatoms. The number of fused-ring (bicyclic) bond motifs is 1. The molecule has 0 aliphatic rings. The summed E-state index contributed by atoms with van der Waals surface area (Å²) >= 11 is 0. The van der Waals surface area contributed by atoms with Gasteiger partial charge in [-0.1, -0.05) is 71.4 Å². The Labute approximate surface area is 164 Å². The minimum absolute atomic E-state index is 0.249. The second-order valence-corrected chi connectivity index (χ2v) is 7.45. The second kappa shape index (κ2) is 11.6. The zero-order valence-electron chi connectivity index (χ0n) is 17.1. The molecule has 3 nitrogen and oxygen atoms in total. The lowest BCUT2D eigenvalue weighted by Gasteiger charge is -2.11. The lowest BCUT2D eigenvalue weighted by molar-refractivity contribution is 0.0447. The maximum absolute atomic E-state index is 12.2. The average Bonchev–Trinajstić information content (AvgIpc) is 2.70. The van der Waals surface area contributed by atoms with E-state index in [2.05, 4.69) is 20.8 Å². The first-order valence-electron chi connectivity index (χ1n) is 10.5. The fraction of sp³-hybridized carbons (Fsp3) is 0.542. The predicted octanol–water partition coefficient (Wildman–Crippen LogP) is 6.78. The largest absolute Gasteiger partial charge is 0.494 e. The number of unbranched alkanes of at least 4 members (excludes halogenated alkanes) is 5. The fourth-order valence-corrected chi connectivity index (χ4v) is 2.93. The van der Waals surface area contributed by atoms with Crippen LogP contribution in [0.1, 0.15) is 76.1 Å². The normalized spacial score (nSPS) is 12.1. The van der Waals surface area contributed by atoms with Crippen molar-refractivity contribution in [3.05, 3.63) is 42.0 Å². The standard InChI is InChI=1S/C24H34O3/c1-4-6-7-8-9-10-15-26-23-14-13-20-16-22(12-11-21(20)17-23)24(25)27-18-19(3)5-2/h11-14,16-17,19H,4-10,15,18H2,1-3H3/t19-/m0/s1. The third-order valence-corrected chi connectivity index (χ3v) is 5.01. The minimum Gasteiger partial charge on any atom is -0.494 e. The van der Waals surface area contributed by atoms with Gasteiger partial charge in [-0.2, -0.15) is 0 Å². The molecule has 27 heavy (non-hydrogen) atoms. The number of carbonyl (C=O) groups excluding carboxylic acids is 1. The van der Waals surface area contributed by atoms with Gasteiger partial charge in [-0.15, -0.1) is 0 Å². The number of esters is 1. The van der Waals surface area contributed by atoms with E-state index in [9.17, 15) is 4.79 Å². The monoisotopic (exact) mass is 370 g/mol. The number of hydrogen-bond donors (Lipinski definition) is 0. The van der Waals surface area contributed by atoms with Gasteiger partial charge >= 0.3 is 5.97 Å². The Kier molecular flexibility index (Phi) is 9.17. The van der Waals surface area contributed by atoms with Gasteiger partial charge in [-0.3, -0.25) is 0 Å². The van der Waals surface area contributed by atoms with E-state index < -0.39 is 0 Å². The highest BCUT2D eigenvalue weighted by molar-refractivity contribution is 5.95. The maximum atomic E-state index is 12.2. The average molecular weight is 371 g/mol. The molecule has 0 aliphatic heterocycles. The summed E-state index contributed by atoms with van der Waals surface area (Å²) in [6.45, 7) is 7.65. The van der Waals surface area contributed by atoms with E-state index >= 15 is 0 Å². The first kappa shape index (κ1) is 21.3. The van der Waals surface area contributed by atoms with E-state index in [0.717, 1.165) is 36.0 Å². The summed E-state index contributed by atoms with van der Waals surface area (Å²) in [5.41, 5.74) is 0.603. The van der Waals surface area contributed by atoms with Crippen molar-refractivity contribution in [2.24, 2.45) is 5.92 Å². The molecule has 0 unspecified atom stereocenters. The Morgan fingerprint density at radius 3 is 2.41 bits per heavy atom. The lowest BCUT2D eigenvalue weighted by Crippen LogP contribution is -2.11. The number of benzene rings is 2. The van der Waals surface area contributed by atoms with Gasteiger partial charge < -0.3 is 9.47 Å². The SMILES string of the molecule is CCCCCCCCOc1ccc2cc(C(=O)OC[C@@H](C)CC)ccc2c1. The zero-order valence-corrected chi connectivity index (χ0v) is 17.1. The predicted molar refractivity (Wildman–Crippen MR) is 113 cm³/mol. The van der Waals surface area contributed by atoms with Crippen molar-refractivity contribution in [1.29, 1.82) is 0 Å². The molecular weight excluding hydrogens is 336 g/mol. The van der Waals surface area contributed by atoms with Crippen molar-refractivity contribution in [3.63, 3.8) is 0 Å². The van der Waals surface area contributed by atoms with Crippen LogP contribution in [0.2, 0.25) is 0 Å². The molecule has 1 atom stereocenters. The van der Waals surface area contributed by atoms with Crippen LogP contribution in [0.4, 0.5) is 0 Å². The molecule has 0 fully saturated rings. The quantitative estimate of drug-likeness (QED) is 0.305. The molecule has 148 valence electrons. The summed E-state index contributed by atoms with van der Waals surface area (Å²) in [5.74, 6) is 1.03. The Bertz CT molecular complexity index is 708. The minimum atomic E-state index is -0.249. The highest BCUT2D eigenvalue weighted by Crippen LogP contribution is 2.23. The van der Waals surface area contributed by atoms with E-state index in [1.165, 1.54) is 32.1 Å². The summed E-state index contributed by atoms with van der Waals surface area (Å²) in [4.78, 5) is 12.2. The van der Waals surface area contributed by atoms with Crippen LogP contribution in [-0.4, -0.2) is 19.2 Å². The van der Waals surface area contributed by atoms with Crippen molar-refractivity contribution < 1.29 is 14.3 Å². The van der Waals surface area contributed by atoms with E-state index in [4.69, 9.17) is 9.47 Å². The van der Waals surface area contributed by atoms with Crippen LogP contribution in [-0.2, 0) is 4.74 Å². The Morgan fingerprint density at radius 1 is 0.926 bits per heavy atom. The highest BCUT2D eigenvalue weighted by Gasteiger charge is 2.10. The molecule has 0 aromatic heterocycles. The van der Waals surface area contributed by atoms with E-state index in [1.54, 1.807) is 0 Å². The number of hydrogen-bond acceptors (Lipinski definition) is 3. The van der Waals surface area contributed by atoms with Gasteiger partial charge in [0.25, 0.3) is 0 Å². The second-order valence-electron chi connectivity index (χ2n) is 7.45. The molecule has 0 bridgehead atoms. The molecule has 0 aliphatic carbocycles. The van der Waals surface area contributed by atoms with Gasteiger partial charge in [0.15, 0.2) is 0 Å². The summed E-state index contributed by atoms with van der Waals surface area (Å²) < 4.78 is 11.3. The van der Waals surface area contributed by atoms with Gasteiger partial charge in [0, 0.05) is 0 Å². The number of rotatable bonds is 12. The molecule has 2 rings (SSSR count). The summed E-state index contributed by atoms with van der Waals surface area (Å²) in [7, 11) is 0. The van der Waals surface area contributed by atoms with Crippen molar-refractivity contribution >= 4 is 16.7 Å². The van der Waals surface area contributed by atoms with Crippen LogP contribution >= 0.6 is 0 Å². The van der Waals surface area contributed by atoms with Crippen LogP contribution in [0.3, 0.4) is 0 Å². The van der Waals surface area contributed by atoms with Crippen molar-refractivity contribution in [1.82, 2.24) is 0 Å². The molecule has 0 saturated carbocycles. The first-order valence-corrected chi connectivity index (χ1v) is 10.5. The molecule has 2 aromatic carbocycles. The molecule has 0 amide bonds. The Balaban J connectivity index is 1.86. The first-order chi connectivity index (χ1) is 13.1. The third kappa shape index (κ3) is 7.24. The summed E-state index contributed by atoms with van der Waals surface area (Å²) in [5, 5.41) is 2.11. The molecule has 0 N–H and O–H groups in total. The molecule has 0 saturated heterocycles. The summed E-state index contributed by atoms with van der Waals surface area (Å²) in [6.07, 6.45) is 8.58. The van der Waals surface area contributed by atoms with E-state index in [-0.39, 0.29) is 5.97 Å². The fourth-order valence-electron chi connectivity index (χ4n) is 2.93. The lowest BCUT2D eigenvalue weighted by atomic mass is 10.1. The molecule has 0 heterocycles. The molecule has 2 aromatic rings. The van der Waals surface area contributed by atoms with Crippen molar-refractivity contribution in [2.75, 3.05) is 13.2 Å². The van der Waals surface area contributed by atoms with Gasteiger partial charge in [-0.05, 0) is 47.4 Å². The zero-order chi connectivity index (χ0) is 19.5. The van der Waals surface area contributed by atoms with Crippen LogP contribution in [0.15, 0.2) is 36.4 Å². The summed E-state index contributed by atoms with van der Waals surface area (Å²) in [6, 6.07) is 11.7. The smallest absolute Gasteiger partial charge is 0.338 e. The molecule has 0 spiro atoms. The number of carbonyl (C=O) groups is 1. The van der Waals surface area contributed by atoms with Gasteiger partial charge in [0.05, 0.1) is 18.8 Å². The Morgan fingerprint density at radius 2 is 1.63 bits per heavy atom. The third-order valence-electron chi connectivity index (χ3n) is 5.01. The van der Waals surface area contributed by atoms with Crippen LogP contribution < -0.4 is 4.74 Å². The Hall–Kier alpha value is -2.03. The number of ether oxygens (including phenoxy) is 2. The van der Waals surface area contributed by atoms with E-state index in [0.29, 0.717) is 18.1 Å². The maximum Gasteiger partial charge on any atom is 0.338 e. The van der Waals surface area contributed by atoms with Crippen LogP contribution in [0.25, 0.3) is 10.8 Å². The van der Waals surface area contributed by atoms with Crippen molar-refractivity contribution in [3.8, 4) is 5.75 Å². The van der Waals surface area contributed by atoms with E-state index in [1.807, 2.05) is 36.4 Å². The van der Waals surface area contributed by atoms with Gasteiger partial charge in [0.2, 0.25) is 0 Å². The molecule has 0 radical (unpaired) electrons. The van der Waals surface area contributed by atoms with Crippen molar-refractivity contribution in [2.45, 2.75) is 65.7 Å². The topological polar surface area (TPSA) is 35.5 Å². The van der Waals surface area contributed by atoms with Gasteiger partial charge in [0.1, 0.15) is 5.75 Å². The van der Waals surface area contributed by atoms with Crippen LogP contribution in [0, 0.1) is 5.92 Å². The highest BCUT2D eigenvalue weighted by atomic mass is 16.5.